The molecule has 1 aliphatic carbocycles. The van der Waals surface area contributed by atoms with E-state index in [1.807, 2.05) is 20.8 Å². The fourth-order valence-electron chi connectivity index (χ4n) is 2.67. The Bertz CT molecular complexity index is 288. The van der Waals surface area contributed by atoms with Crippen molar-refractivity contribution in [3.8, 4) is 0 Å². The molecule has 112 valence electrons. The Morgan fingerprint density at radius 1 is 1.32 bits per heavy atom. The normalized spacial score (nSPS) is 20.7. The van der Waals surface area contributed by atoms with E-state index >= 15 is 0 Å². The first-order chi connectivity index (χ1) is 8.72. The number of carbonyl (C=O) groups excluding carboxylic acids is 1. The Labute approximate surface area is 116 Å². The predicted octanol–water partition coefficient (Wildman–Crippen LogP) is 3.38. The van der Waals surface area contributed by atoms with Gasteiger partial charge in [0, 0.05) is 5.54 Å². The third kappa shape index (κ3) is 6.28. The largest absolute Gasteiger partial charge is 0.444 e. The second-order valence-corrected chi connectivity index (χ2v) is 6.86. The molecule has 0 saturated heterocycles. The fraction of sp³-hybridized carbons (Fsp3) is 0.933. The van der Waals surface area contributed by atoms with Gasteiger partial charge >= 0.3 is 6.09 Å². The fourth-order valence-corrected chi connectivity index (χ4v) is 2.67. The first kappa shape index (κ1) is 16.3. The summed E-state index contributed by atoms with van der Waals surface area (Å²) in [5, 5.41) is 12.5. The minimum Gasteiger partial charge on any atom is -0.444 e. The molecule has 0 radical (unpaired) electrons. The first-order valence-electron chi connectivity index (χ1n) is 7.42. The van der Waals surface area contributed by atoms with Gasteiger partial charge < -0.3 is 15.2 Å². The Kier molecular flexibility index (Phi) is 5.65. The summed E-state index contributed by atoms with van der Waals surface area (Å²) in [5.41, 5.74) is -0.651. The van der Waals surface area contributed by atoms with E-state index in [0.29, 0.717) is 0 Å². The minimum absolute atomic E-state index is 0.183. The maximum atomic E-state index is 12.0. The van der Waals surface area contributed by atoms with E-state index in [2.05, 4.69) is 5.32 Å². The molecule has 1 fully saturated rings. The van der Waals surface area contributed by atoms with Crippen molar-refractivity contribution in [3.05, 3.63) is 0 Å². The topological polar surface area (TPSA) is 58.6 Å². The van der Waals surface area contributed by atoms with E-state index in [1.54, 1.807) is 6.92 Å². The highest BCUT2D eigenvalue weighted by Crippen LogP contribution is 2.32. The van der Waals surface area contributed by atoms with Gasteiger partial charge in [-0.3, -0.25) is 0 Å². The number of amides is 1. The van der Waals surface area contributed by atoms with Gasteiger partial charge in [-0.2, -0.15) is 0 Å². The van der Waals surface area contributed by atoms with Crippen LogP contribution in [-0.4, -0.2) is 28.4 Å². The molecule has 0 unspecified atom stereocenters. The molecule has 1 amide bonds. The molecule has 0 spiro atoms. The van der Waals surface area contributed by atoms with Crippen molar-refractivity contribution in [3.63, 3.8) is 0 Å². The monoisotopic (exact) mass is 271 g/mol. The van der Waals surface area contributed by atoms with Gasteiger partial charge in [-0.25, -0.2) is 4.79 Å². The lowest BCUT2D eigenvalue weighted by atomic mass is 9.78. The van der Waals surface area contributed by atoms with E-state index in [1.165, 1.54) is 6.42 Å². The number of ether oxygens (including phenoxy) is 1. The minimum atomic E-state index is -0.468. The van der Waals surface area contributed by atoms with Crippen LogP contribution < -0.4 is 5.32 Å². The highest BCUT2D eigenvalue weighted by atomic mass is 16.6. The van der Waals surface area contributed by atoms with Gasteiger partial charge in [0.1, 0.15) is 5.60 Å². The number of nitrogens with one attached hydrogen (secondary N) is 1. The van der Waals surface area contributed by atoms with E-state index in [4.69, 9.17) is 4.74 Å². The highest BCUT2D eigenvalue weighted by Gasteiger charge is 2.34. The molecule has 0 bridgehead atoms. The Balaban J connectivity index is 2.60. The van der Waals surface area contributed by atoms with Crippen LogP contribution in [0.4, 0.5) is 4.79 Å². The summed E-state index contributed by atoms with van der Waals surface area (Å²) in [6, 6.07) is 0. The average molecular weight is 271 g/mol. The summed E-state index contributed by atoms with van der Waals surface area (Å²) in [6.07, 6.45) is 6.36. The summed E-state index contributed by atoms with van der Waals surface area (Å²) in [7, 11) is 0. The number of carbonyl (C=O) groups is 1. The van der Waals surface area contributed by atoms with Crippen LogP contribution in [0, 0.1) is 0 Å². The SMILES string of the molecule is C[C@H](O)CCC1(NC(=O)OC(C)(C)C)CCCCC1. The smallest absolute Gasteiger partial charge is 0.408 e. The summed E-state index contributed by atoms with van der Waals surface area (Å²) in [4.78, 5) is 12.0. The Hall–Kier alpha value is -0.770. The quantitative estimate of drug-likeness (QED) is 0.824. The van der Waals surface area contributed by atoms with Crippen LogP contribution in [0.5, 0.6) is 0 Å². The summed E-state index contributed by atoms with van der Waals surface area (Å²) < 4.78 is 5.36. The molecule has 0 aliphatic heterocycles. The van der Waals surface area contributed by atoms with Gasteiger partial charge in [-0.05, 0) is 53.4 Å². The van der Waals surface area contributed by atoms with Crippen molar-refractivity contribution in [1.82, 2.24) is 5.32 Å². The summed E-state index contributed by atoms with van der Waals surface area (Å²) >= 11 is 0. The zero-order valence-electron chi connectivity index (χ0n) is 12.8. The Morgan fingerprint density at radius 2 is 1.89 bits per heavy atom. The van der Waals surface area contributed by atoms with Crippen LogP contribution in [0.2, 0.25) is 0 Å². The molecular weight excluding hydrogens is 242 g/mol. The third-order valence-corrected chi connectivity index (χ3v) is 3.62. The summed E-state index contributed by atoms with van der Waals surface area (Å²) in [5.74, 6) is 0. The molecule has 4 heteroatoms. The first-order valence-corrected chi connectivity index (χ1v) is 7.42. The zero-order valence-corrected chi connectivity index (χ0v) is 12.8. The van der Waals surface area contributed by atoms with Crippen molar-refractivity contribution in [2.75, 3.05) is 0 Å². The molecule has 0 heterocycles. The lowest BCUT2D eigenvalue weighted by molar-refractivity contribution is 0.0397. The van der Waals surface area contributed by atoms with E-state index < -0.39 is 5.60 Å². The Morgan fingerprint density at radius 3 is 2.37 bits per heavy atom. The molecule has 2 N–H and O–H groups in total. The van der Waals surface area contributed by atoms with Crippen molar-refractivity contribution in [1.29, 1.82) is 0 Å². The van der Waals surface area contributed by atoms with Gasteiger partial charge in [0.05, 0.1) is 6.10 Å². The van der Waals surface area contributed by atoms with Crippen molar-refractivity contribution >= 4 is 6.09 Å². The number of hydrogen-bond acceptors (Lipinski definition) is 3. The molecule has 0 aromatic carbocycles. The van der Waals surface area contributed by atoms with Crippen LogP contribution in [-0.2, 0) is 4.74 Å². The molecule has 1 atom stereocenters. The predicted molar refractivity (Wildman–Crippen MR) is 76.1 cm³/mol. The molecule has 0 aromatic heterocycles. The lowest BCUT2D eigenvalue weighted by Gasteiger charge is -2.39. The van der Waals surface area contributed by atoms with Crippen molar-refractivity contribution in [2.45, 2.75) is 89.9 Å². The maximum Gasteiger partial charge on any atom is 0.408 e. The number of aliphatic hydroxyl groups is 1. The molecular formula is C15H29NO3. The second-order valence-electron chi connectivity index (χ2n) is 6.86. The zero-order chi connectivity index (χ0) is 14.5. The number of alkyl carbamates (subject to hydrolysis) is 1. The average Bonchev–Trinajstić information content (AvgIpc) is 2.25. The van der Waals surface area contributed by atoms with Gasteiger partial charge in [-0.1, -0.05) is 19.3 Å². The number of hydrogen-bond donors (Lipinski definition) is 2. The van der Waals surface area contributed by atoms with E-state index in [0.717, 1.165) is 38.5 Å². The molecule has 19 heavy (non-hydrogen) atoms. The van der Waals surface area contributed by atoms with Gasteiger partial charge in [0.2, 0.25) is 0 Å². The van der Waals surface area contributed by atoms with Crippen LogP contribution in [0.15, 0.2) is 0 Å². The third-order valence-electron chi connectivity index (χ3n) is 3.62. The van der Waals surface area contributed by atoms with Crippen LogP contribution in [0.1, 0.15) is 72.6 Å². The van der Waals surface area contributed by atoms with E-state index in [-0.39, 0.29) is 17.7 Å². The molecule has 1 aliphatic rings. The lowest BCUT2D eigenvalue weighted by Crippen LogP contribution is -2.51. The standard InChI is InChI=1S/C15H29NO3/c1-12(17)8-11-15(9-6-5-7-10-15)16-13(18)19-14(2,3)4/h12,17H,5-11H2,1-4H3,(H,16,18)/t12-/m0/s1. The summed E-state index contributed by atoms with van der Waals surface area (Å²) in [6.45, 7) is 7.41. The van der Waals surface area contributed by atoms with Crippen molar-refractivity contribution in [2.24, 2.45) is 0 Å². The maximum absolute atomic E-state index is 12.0. The molecule has 1 rings (SSSR count). The van der Waals surface area contributed by atoms with Crippen LogP contribution in [0.25, 0.3) is 0 Å². The molecule has 1 saturated carbocycles. The van der Waals surface area contributed by atoms with Crippen LogP contribution in [0.3, 0.4) is 0 Å². The molecule has 0 aromatic rings. The number of aliphatic hydroxyl groups excluding tert-OH is 1. The number of rotatable bonds is 4. The second kappa shape index (κ2) is 6.60. The van der Waals surface area contributed by atoms with Crippen LogP contribution >= 0.6 is 0 Å². The van der Waals surface area contributed by atoms with Crippen molar-refractivity contribution < 1.29 is 14.6 Å². The molecule has 4 nitrogen and oxygen atoms in total. The van der Waals surface area contributed by atoms with Gasteiger partial charge in [0.25, 0.3) is 0 Å². The van der Waals surface area contributed by atoms with E-state index in [9.17, 15) is 9.90 Å². The van der Waals surface area contributed by atoms with Gasteiger partial charge in [-0.15, -0.1) is 0 Å². The highest BCUT2D eigenvalue weighted by molar-refractivity contribution is 5.68. The van der Waals surface area contributed by atoms with Gasteiger partial charge in [0.15, 0.2) is 0 Å².